The molecule has 0 saturated heterocycles. The smallest absolute Gasteiger partial charge is 0.316 e. The van der Waals surface area contributed by atoms with Crippen LogP contribution in [0.2, 0.25) is 5.02 Å². The fourth-order valence-electron chi connectivity index (χ4n) is 3.25. The molecule has 4 aromatic rings. The molecule has 1 heterocycles. The summed E-state index contributed by atoms with van der Waals surface area (Å²) < 4.78 is 16.0. The number of ether oxygens (including phenoxy) is 2. The van der Waals surface area contributed by atoms with Crippen LogP contribution in [0.25, 0.3) is 22.2 Å². The van der Waals surface area contributed by atoms with Crippen molar-refractivity contribution in [1.29, 1.82) is 0 Å². The maximum Gasteiger partial charge on any atom is 0.316 e. The van der Waals surface area contributed by atoms with Crippen LogP contribution in [0.3, 0.4) is 0 Å². The molecule has 0 fully saturated rings. The Kier molecular flexibility index (Phi) is 7.24. The highest BCUT2D eigenvalue weighted by Crippen LogP contribution is 2.30. The molecule has 0 atom stereocenters. The second kappa shape index (κ2) is 10.7. The standard InChI is InChI=1S/C24H21ClN4O5/c1-32-19-10-9-16(25)13-18(19)22-28-24(34-29-22)23(31)27-12-11-26-21(30)14-33-20-8-4-6-15-5-2-3-7-17(15)20/h2-10,13H,11-12,14H2,1H3,(H,26,30)(H,27,31). The summed E-state index contributed by atoms with van der Waals surface area (Å²) in [6, 6.07) is 18.4. The largest absolute Gasteiger partial charge is 0.496 e. The molecule has 2 N–H and O–H groups in total. The van der Waals surface area contributed by atoms with Gasteiger partial charge in [0, 0.05) is 23.5 Å². The minimum Gasteiger partial charge on any atom is -0.496 e. The first kappa shape index (κ1) is 23.1. The van der Waals surface area contributed by atoms with Gasteiger partial charge in [0.15, 0.2) is 6.61 Å². The molecule has 0 saturated carbocycles. The van der Waals surface area contributed by atoms with E-state index in [1.54, 1.807) is 18.2 Å². The average Bonchev–Trinajstić information content (AvgIpc) is 3.35. The number of halogens is 1. The molecule has 1 aromatic heterocycles. The minimum absolute atomic E-state index is 0.142. The SMILES string of the molecule is COc1ccc(Cl)cc1-c1noc(C(=O)NCCNC(=O)COc2cccc3ccccc23)n1. The van der Waals surface area contributed by atoms with Gasteiger partial charge >= 0.3 is 11.8 Å². The van der Waals surface area contributed by atoms with E-state index in [-0.39, 0.29) is 37.3 Å². The van der Waals surface area contributed by atoms with Crippen molar-refractivity contribution < 1.29 is 23.6 Å². The quantitative estimate of drug-likeness (QED) is 0.352. The molecule has 9 nitrogen and oxygen atoms in total. The second-order valence-electron chi connectivity index (χ2n) is 7.14. The predicted octanol–water partition coefficient (Wildman–Crippen LogP) is 3.48. The summed E-state index contributed by atoms with van der Waals surface area (Å²) in [6.07, 6.45) is 0. The summed E-state index contributed by atoms with van der Waals surface area (Å²) in [4.78, 5) is 28.5. The number of nitrogens with one attached hydrogen (secondary N) is 2. The lowest BCUT2D eigenvalue weighted by molar-refractivity contribution is -0.123. The van der Waals surface area contributed by atoms with Crippen LogP contribution >= 0.6 is 11.6 Å². The number of hydrogen-bond acceptors (Lipinski definition) is 7. The van der Waals surface area contributed by atoms with Gasteiger partial charge in [-0.3, -0.25) is 9.59 Å². The van der Waals surface area contributed by atoms with Crippen molar-refractivity contribution in [3.05, 3.63) is 71.6 Å². The normalized spacial score (nSPS) is 10.6. The zero-order valence-corrected chi connectivity index (χ0v) is 19.0. The summed E-state index contributed by atoms with van der Waals surface area (Å²) in [5.41, 5.74) is 0.497. The van der Waals surface area contributed by atoms with E-state index >= 15 is 0 Å². The monoisotopic (exact) mass is 480 g/mol. The van der Waals surface area contributed by atoms with E-state index in [2.05, 4.69) is 20.8 Å². The van der Waals surface area contributed by atoms with Crippen molar-refractivity contribution in [3.8, 4) is 22.9 Å². The van der Waals surface area contributed by atoms with Crippen LogP contribution in [0.4, 0.5) is 0 Å². The lowest BCUT2D eigenvalue weighted by Gasteiger charge is -2.10. The molecule has 10 heteroatoms. The highest BCUT2D eigenvalue weighted by molar-refractivity contribution is 6.30. The van der Waals surface area contributed by atoms with Gasteiger partial charge in [0.2, 0.25) is 5.82 Å². The Morgan fingerprint density at radius 2 is 1.79 bits per heavy atom. The Labute approximate surface area is 200 Å². The van der Waals surface area contributed by atoms with Crippen molar-refractivity contribution in [2.75, 3.05) is 26.8 Å². The molecule has 0 aliphatic rings. The number of fused-ring (bicyclic) bond motifs is 1. The van der Waals surface area contributed by atoms with Crippen molar-refractivity contribution in [1.82, 2.24) is 20.8 Å². The number of amides is 2. The number of benzene rings is 3. The van der Waals surface area contributed by atoms with E-state index < -0.39 is 5.91 Å². The number of rotatable bonds is 9. The zero-order chi connectivity index (χ0) is 23.9. The molecule has 0 bridgehead atoms. The molecular weight excluding hydrogens is 460 g/mol. The lowest BCUT2D eigenvalue weighted by Crippen LogP contribution is -2.36. The van der Waals surface area contributed by atoms with Crippen molar-refractivity contribution in [2.45, 2.75) is 0 Å². The molecule has 174 valence electrons. The third-order valence-electron chi connectivity index (χ3n) is 4.86. The first-order valence-electron chi connectivity index (χ1n) is 10.4. The molecule has 34 heavy (non-hydrogen) atoms. The maximum atomic E-state index is 12.3. The first-order chi connectivity index (χ1) is 16.5. The summed E-state index contributed by atoms with van der Waals surface area (Å²) >= 11 is 6.02. The number of hydrogen-bond donors (Lipinski definition) is 2. The summed E-state index contributed by atoms with van der Waals surface area (Å²) in [6.45, 7) is 0.222. The Bertz CT molecular complexity index is 1320. The number of carbonyl (C=O) groups excluding carboxylic acids is 2. The Morgan fingerprint density at radius 3 is 2.65 bits per heavy atom. The van der Waals surface area contributed by atoms with Crippen LogP contribution < -0.4 is 20.1 Å². The molecule has 3 aromatic carbocycles. The minimum atomic E-state index is -0.569. The van der Waals surface area contributed by atoms with Gasteiger partial charge in [-0.15, -0.1) is 0 Å². The molecule has 0 spiro atoms. The number of nitrogens with zero attached hydrogens (tertiary/aromatic N) is 2. The third-order valence-corrected chi connectivity index (χ3v) is 5.10. The van der Waals surface area contributed by atoms with E-state index in [0.29, 0.717) is 22.1 Å². The van der Waals surface area contributed by atoms with Crippen LogP contribution in [0.1, 0.15) is 10.7 Å². The molecule has 0 aliphatic heterocycles. The van der Waals surface area contributed by atoms with Crippen molar-refractivity contribution in [2.24, 2.45) is 0 Å². The van der Waals surface area contributed by atoms with E-state index in [9.17, 15) is 9.59 Å². The zero-order valence-electron chi connectivity index (χ0n) is 18.2. The van der Waals surface area contributed by atoms with Crippen LogP contribution in [0.15, 0.2) is 65.2 Å². The van der Waals surface area contributed by atoms with Gasteiger partial charge in [0.1, 0.15) is 11.5 Å². The topological polar surface area (TPSA) is 116 Å². The van der Waals surface area contributed by atoms with E-state index in [0.717, 1.165) is 10.8 Å². The number of aromatic nitrogens is 2. The number of carbonyl (C=O) groups is 2. The molecule has 2 amide bonds. The van der Waals surface area contributed by atoms with E-state index in [1.165, 1.54) is 7.11 Å². The van der Waals surface area contributed by atoms with Gasteiger partial charge < -0.3 is 24.6 Å². The summed E-state index contributed by atoms with van der Waals surface area (Å²) in [5.74, 6) is 0.193. The Morgan fingerprint density at radius 1 is 1.00 bits per heavy atom. The molecule has 4 rings (SSSR count). The Hall–Kier alpha value is -4.11. The molecular formula is C24H21ClN4O5. The van der Waals surface area contributed by atoms with Crippen LogP contribution in [-0.2, 0) is 4.79 Å². The maximum absolute atomic E-state index is 12.3. The average molecular weight is 481 g/mol. The van der Waals surface area contributed by atoms with Gasteiger partial charge in [-0.2, -0.15) is 4.98 Å². The molecule has 0 aliphatic carbocycles. The van der Waals surface area contributed by atoms with Crippen LogP contribution in [0.5, 0.6) is 11.5 Å². The third kappa shape index (κ3) is 5.44. The fraction of sp³-hybridized carbons (Fsp3) is 0.167. The second-order valence-corrected chi connectivity index (χ2v) is 7.58. The molecule has 0 radical (unpaired) electrons. The van der Waals surface area contributed by atoms with Crippen LogP contribution in [-0.4, -0.2) is 48.8 Å². The van der Waals surface area contributed by atoms with Crippen molar-refractivity contribution in [3.63, 3.8) is 0 Å². The highest BCUT2D eigenvalue weighted by atomic mass is 35.5. The Balaban J connectivity index is 1.24. The van der Waals surface area contributed by atoms with Gasteiger partial charge in [0.05, 0.1) is 12.7 Å². The highest BCUT2D eigenvalue weighted by Gasteiger charge is 2.18. The predicted molar refractivity (Wildman–Crippen MR) is 126 cm³/mol. The molecule has 0 unspecified atom stereocenters. The van der Waals surface area contributed by atoms with E-state index in [1.807, 2.05) is 42.5 Å². The van der Waals surface area contributed by atoms with Gasteiger partial charge in [-0.1, -0.05) is 53.2 Å². The van der Waals surface area contributed by atoms with Gasteiger partial charge in [0.25, 0.3) is 5.91 Å². The van der Waals surface area contributed by atoms with E-state index in [4.69, 9.17) is 25.6 Å². The van der Waals surface area contributed by atoms with Crippen molar-refractivity contribution >= 4 is 34.2 Å². The summed E-state index contributed by atoms with van der Waals surface area (Å²) in [7, 11) is 1.50. The summed E-state index contributed by atoms with van der Waals surface area (Å²) in [5, 5.41) is 11.5. The first-order valence-corrected chi connectivity index (χ1v) is 10.8. The van der Waals surface area contributed by atoms with Crippen LogP contribution in [0, 0.1) is 0 Å². The lowest BCUT2D eigenvalue weighted by atomic mass is 10.1. The fourth-order valence-corrected chi connectivity index (χ4v) is 3.42. The van der Waals surface area contributed by atoms with Gasteiger partial charge in [-0.25, -0.2) is 0 Å². The number of methoxy groups -OCH3 is 1. The van der Waals surface area contributed by atoms with Gasteiger partial charge in [-0.05, 0) is 29.7 Å².